The average molecular weight is 273 g/mol. The van der Waals surface area contributed by atoms with Crippen molar-refractivity contribution in [3.8, 4) is 0 Å². The fourth-order valence-corrected chi connectivity index (χ4v) is 3.06. The summed E-state index contributed by atoms with van der Waals surface area (Å²) in [6, 6.07) is 9.11. The minimum absolute atomic E-state index is 0.184. The molecule has 1 aromatic rings. The van der Waals surface area contributed by atoms with E-state index in [1.165, 1.54) is 30.4 Å². The van der Waals surface area contributed by atoms with E-state index in [2.05, 4.69) is 50.4 Å². The lowest BCUT2D eigenvalue weighted by Crippen LogP contribution is -2.39. The molecule has 0 radical (unpaired) electrons. The van der Waals surface area contributed by atoms with Gasteiger partial charge in [-0.1, -0.05) is 24.3 Å². The Balaban J connectivity index is 1.69. The van der Waals surface area contributed by atoms with Gasteiger partial charge in [-0.15, -0.1) is 0 Å². The van der Waals surface area contributed by atoms with Gasteiger partial charge in [0.1, 0.15) is 0 Å². The van der Waals surface area contributed by atoms with E-state index in [0.29, 0.717) is 5.92 Å². The van der Waals surface area contributed by atoms with Gasteiger partial charge in [-0.3, -0.25) is 0 Å². The summed E-state index contributed by atoms with van der Waals surface area (Å²) in [7, 11) is 0. The second-order valence-electron chi connectivity index (χ2n) is 7.42. The van der Waals surface area contributed by atoms with Crippen LogP contribution in [0.1, 0.15) is 63.2 Å². The number of rotatable bonds is 4. The molecule has 2 unspecified atom stereocenters. The standard InChI is InChI=1S/C18H27NO/c1-18(2,3)19-12-16-9-10-20-17(16)15-6-4-5-14(11-15)13-7-8-13/h4-6,11,13,16-17,19H,7-10,12H2,1-3H3. The molecule has 1 heterocycles. The Morgan fingerprint density at radius 2 is 1.90 bits per heavy atom. The summed E-state index contributed by atoms with van der Waals surface area (Å²) in [5.74, 6) is 1.42. The van der Waals surface area contributed by atoms with E-state index in [4.69, 9.17) is 4.74 Å². The highest BCUT2D eigenvalue weighted by atomic mass is 16.5. The predicted molar refractivity (Wildman–Crippen MR) is 83.0 cm³/mol. The average Bonchev–Trinajstić information content (AvgIpc) is 3.14. The zero-order chi connectivity index (χ0) is 14.2. The summed E-state index contributed by atoms with van der Waals surface area (Å²) in [6.07, 6.45) is 4.18. The molecule has 0 bridgehead atoms. The molecule has 0 aromatic heterocycles. The van der Waals surface area contributed by atoms with Gasteiger partial charge in [0, 0.05) is 24.6 Å². The van der Waals surface area contributed by atoms with E-state index in [0.717, 1.165) is 19.1 Å². The highest BCUT2D eigenvalue weighted by molar-refractivity contribution is 5.31. The number of hydrogen-bond acceptors (Lipinski definition) is 2. The van der Waals surface area contributed by atoms with Gasteiger partial charge < -0.3 is 10.1 Å². The lowest BCUT2D eigenvalue weighted by atomic mass is 9.92. The summed E-state index contributed by atoms with van der Waals surface area (Å²) < 4.78 is 6.03. The van der Waals surface area contributed by atoms with Crippen molar-refractivity contribution >= 4 is 0 Å². The molecule has 110 valence electrons. The monoisotopic (exact) mass is 273 g/mol. The van der Waals surface area contributed by atoms with Crippen LogP contribution < -0.4 is 5.32 Å². The normalized spacial score (nSPS) is 26.9. The van der Waals surface area contributed by atoms with Crippen molar-refractivity contribution in [2.24, 2.45) is 5.92 Å². The van der Waals surface area contributed by atoms with Gasteiger partial charge in [0.25, 0.3) is 0 Å². The zero-order valence-corrected chi connectivity index (χ0v) is 13.0. The molecule has 1 saturated carbocycles. The first-order valence-corrected chi connectivity index (χ1v) is 7.99. The van der Waals surface area contributed by atoms with Crippen LogP contribution in [0.25, 0.3) is 0 Å². The maximum atomic E-state index is 6.03. The van der Waals surface area contributed by atoms with Crippen LogP contribution in [0.2, 0.25) is 0 Å². The molecule has 2 fully saturated rings. The molecule has 2 heteroatoms. The Labute approximate surface area is 122 Å². The number of nitrogens with one attached hydrogen (secondary N) is 1. The van der Waals surface area contributed by atoms with Gasteiger partial charge in [0.2, 0.25) is 0 Å². The van der Waals surface area contributed by atoms with Crippen molar-refractivity contribution in [1.82, 2.24) is 5.32 Å². The van der Waals surface area contributed by atoms with E-state index < -0.39 is 0 Å². The minimum Gasteiger partial charge on any atom is -0.373 e. The molecule has 0 spiro atoms. The molecule has 20 heavy (non-hydrogen) atoms. The third-order valence-electron chi connectivity index (χ3n) is 4.40. The van der Waals surface area contributed by atoms with Crippen molar-refractivity contribution in [2.75, 3.05) is 13.2 Å². The van der Waals surface area contributed by atoms with E-state index in [1.807, 2.05) is 0 Å². The second-order valence-corrected chi connectivity index (χ2v) is 7.42. The first-order chi connectivity index (χ1) is 9.53. The van der Waals surface area contributed by atoms with Crippen LogP contribution in [-0.4, -0.2) is 18.7 Å². The Morgan fingerprint density at radius 1 is 1.15 bits per heavy atom. The van der Waals surface area contributed by atoms with Crippen LogP contribution in [0.3, 0.4) is 0 Å². The highest BCUT2D eigenvalue weighted by Gasteiger charge is 2.31. The van der Waals surface area contributed by atoms with Crippen LogP contribution in [-0.2, 0) is 4.74 Å². The Bertz CT molecular complexity index is 459. The van der Waals surface area contributed by atoms with E-state index in [-0.39, 0.29) is 11.6 Å². The van der Waals surface area contributed by atoms with Crippen LogP contribution >= 0.6 is 0 Å². The second kappa shape index (κ2) is 5.50. The van der Waals surface area contributed by atoms with Gasteiger partial charge in [0.15, 0.2) is 0 Å². The molecule has 2 atom stereocenters. The zero-order valence-electron chi connectivity index (χ0n) is 13.0. The largest absolute Gasteiger partial charge is 0.373 e. The number of hydrogen-bond donors (Lipinski definition) is 1. The van der Waals surface area contributed by atoms with Gasteiger partial charge in [-0.25, -0.2) is 0 Å². The fraction of sp³-hybridized carbons (Fsp3) is 0.667. The topological polar surface area (TPSA) is 21.3 Å². The maximum Gasteiger partial charge on any atom is 0.0866 e. The van der Waals surface area contributed by atoms with Crippen LogP contribution in [0, 0.1) is 5.92 Å². The van der Waals surface area contributed by atoms with E-state index >= 15 is 0 Å². The number of ether oxygens (including phenoxy) is 1. The van der Waals surface area contributed by atoms with E-state index in [9.17, 15) is 0 Å². The quantitative estimate of drug-likeness (QED) is 0.894. The third kappa shape index (κ3) is 3.42. The molecule has 1 aromatic carbocycles. The fourth-order valence-electron chi connectivity index (χ4n) is 3.06. The molecule has 0 amide bonds. The van der Waals surface area contributed by atoms with Gasteiger partial charge in [-0.2, -0.15) is 0 Å². The highest BCUT2D eigenvalue weighted by Crippen LogP contribution is 2.42. The Hall–Kier alpha value is -0.860. The lowest BCUT2D eigenvalue weighted by molar-refractivity contribution is 0.0889. The van der Waals surface area contributed by atoms with Crippen molar-refractivity contribution in [3.63, 3.8) is 0 Å². The first kappa shape index (κ1) is 14.1. The number of benzene rings is 1. The molecule has 1 N–H and O–H groups in total. The van der Waals surface area contributed by atoms with E-state index in [1.54, 1.807) is 0 Å². The molecular weight excluding hydrogens is 246 g/mol. The molecule has 3 rings (SSSR count). The Morgan fingerprint density at radius 3 is 2.60 bits per heavy atom. The summed E-state index contributed by atoms with van der Waals surface area (Å²) in [5.41, 5.74) is 3.08. The van der Waals surface area contributed by atoms with Crippen molar-refractivity contribution < 1.29 is 4.74 Å². The van der Waals surface area contributed by atoms with Gasteiger partial charge in [-0.05, 0) is 57.1 Å². The Kier molecular flexibility index (Phi) is 3.87. The summed E-state index contributed by atoms with van der Waals surface area (Å²) in [4.78, 5) is 0. The molecule has 2 aliphatic rings. The molecule has 1 aliphatic heterocycles. The van der Waals surface area contributed by atoms with Crippen molar-refractivity contribution in [1.29, 1.82) is 0 Å². The summed E-state index contributed by atoms with van der Waals surface area (Å²) in [6.45, 7) is 8.62. The lowest BCUT2D eigenvalue weighted by Gasteiger charge is -2.26. The van der Waals surface area contributed by atoms with Crippen molar-refractivity contribution in [3.05, 3.63) is 35.4 Å². The smallest absolute Gasteiger partial charge is 0.0866 e. The molecule has 1 aliphatic carbocycles. The maximum absolute atomic E-state index is 6.03. The third-order valence-corrected chi connectivity index (χ3v) is 4.40. The van der Waals surface area contributed by atoms with Crippen molar-refractivity contribution in [2.45, 2.75) is 57.6 Å². The SMILES string of the molecule is CC(C)(C)NCC1CCOC1c1cccc(C2CC2)c1. The van der Waals surface area contributed by atoms with Gasteiger partial charge >= 0.3 is 0 Å². The molecule has 2 nitrogen and oxygen atoms in total. The first-order valence-electron chi connectivity index (χ1n) is 7.99. The molecular formula is C18H27NO. The van der Waals surface area contributed by atoms with Gasteiger partial charge in [0.05, 0.1) is 6.10 Å². The van der Waals surface area contributed by atoms with Crippen LogP contribution in [0.4, 0.5) is 0 Å². The van der Waals surface area contributed by atoms with Crippen LogP contribution in [0.5, 0.6) is 0 Å². The van der Waals surface area contributed by atoms with Crippen LogP contribution in [0.15, 0.2) is 24.3 Å². The summed E-state index contributed by atoms with van der Waals surface area (Å²) >= 11 is 0. The molecule has 1 saturated heterocycles. The minimum atomic E-state index is 0.184. The predicted octanol–water partition coefficient (Wildman–Crippen LogP) is 4.03. The summed E-state index contributed by atoms with van der Waals surface area (Å²) in [5, 5.41) is 3.63.